The monoisotopic (exact) mass is 370 g/mol. The fourth-order valence-corrected chi connectivity index (χ4v) is 2.97. The van der Waals surface area contributed by atoms with Gasteiger partial charge in [-0.2, -0.15) is 0 Å². The maximum Gasteiger partial charge on any atom is 0.252 e. The summed E-state index contributed by atoms with van der Waals surface area (Å²) in [6.07, 6.45) is 1.64. The largest absolute Gasteiger partial charge is 0.497 e. The van der Waals surface area contributed by atoms with E-state index in [1.807, 2.05) is 50.5 Å². The quantitative estimate of drug-likeness (QED) is 0.735. The van der Waals surface area contributed by atoms with E-state index in [4.69, 9.17) is 4.74 Å². The molecule has 6 heteroatoms. The molecule has 0 spiro atoms. The van der Waals surface area contributed by atoms with Crippen LogP contribution in [0, 0.1) is 0 Å². The minimum absolute atomic E-state index is 0.0720. The summed E-state index contributed by atoms with van der Waals surface area (Å²) in [5.74, 6) is 1.59. The number of carbonyl (C=O) groups excluding carboxylic acids is 1. The van der Waals surface area contributed by atoms with Crippen LogP contribution in [0.15, 0.2) is 42.6 Å². The zero-order valence-corrected chi connectivity index (χ0v) is 16.9. The first-order valence-corrected chi connectivity index (χ1v) is 9.29. The molecule has 1 amide bonds. The van der Waals surface area contributed by atoms with Crippen LogP contribution in [0.2, 0.25) is 0 Å². The molecule has 0 saturated heterocycles. The van der Waals surface area contributed by atoms with Crippen LogP contribution in [0.4, 0.5) is 5.82 Å². The summed E-state index contributed by atoms with van der Waals surface area (Å²) in [7, 11) is 5.65. The van der Waals surface area contributed by atoms with Gasteiger partial charge in [-0.15, -0.1) is 0 Å². The number of likely N-dealkylation sites (N-methyl/N-ethyl adjacent to an activating group) is 1. The van der Waals surface area contributed by atoms with E-state index in [0.29, 0.717) is 12.1 Å². The molecule has 0 fully saturated rings. The Hall–Kier alpha value is -2.60. The Bertz CT molecular complexity index is 710. The molecule has 0 saturated carbocycles. The normalized spacial score (nSPS) is 11.9. The number of amides is 1. The Kier molecular flexibility index (Phi) is 7.61. The van der Waals surface area contributed by atoms with Crippen LogP contribution in [0.25, 0.3) is 0 Å². The predicted octanol–water partition coefficient (Wildman–Crippen LogP) is 2.97. The van der Waals surface area contributed by atoms with Gasteiger partial charge in [-0.3, -0.25) is 4.79 Å². The maximum absolute atomic E-state index is 12.5. The molecule has 2 rings (SSSR count). The van der Waals surface area contributed by atoms with Gasteiger partial charge in [0.25, 0.3) is 5.91 Å². The number of methoxy groups -OCH3 is 1. The van der Waals surface area contributed by atoms with Crippen molar-refractivity contribution < 1.29 is 9.53 Å². The van der Waals surface area contributed by atoms with E-state index in [0.717, 1.165) is 30.2 Å². The number of nitrogens with zero attached hydrogens (tertiary/aromatic N) is 3. The second-order valence-electron chi connectivity index (χ2n) is 6.54. The molecule has 0 aliphatic heterocycles. The Balaban J connectivity index is 2.02. The molecule has 1 N–H and O–H groups in total. The van der Waals surface area contributed by atoms with Crippen LogP contribution in [-0.4, -0.2) is 56.6 Å². The zero-order chi connectivity index (χ0) is 19.8. The van der Waals surface area contributed by atoms with Crippen molar-refractivity contribution in [2.75, 3.05) is 45.7 Å². The zero-order valence-electron chi connectivity index (χ0n) is 16.9. The molecule has 1 aromatic heterocycles. The third-order valence-electron chi connectivity index (χ3n) is 4.68. The van der Waals surface area contributed by atoms with E-state index < -0.39 is 0 Å². The second kappa shape index (κ2) is 9.92. The number of ether oxygens (including phenoxy) is 1. The van der Waals surface area contributed by atoms with Crippen molar-refractivity contribution >= 4 is 11.7 Å². The standard InChI is InChI=1S/C21H30N4O2/c1-6-25(7-2)20-13-10-17(14-22-20)21(26)23-15-19(24(3)4)16-8-11-18(27-5)12-9-16/h8-14,19H,6-7,15H2,1-5H3,(H,23,26). The maximum atomic E-state index is 12.5. The molecular weight excluding hydrogens is 340 g/mol. The number of benzene rings is 1. The van der Waals surface area contributed by atoms with Gasteiger partial charge in [0, 0.05) is 25.8 Å². The minimum Gasteiger partial charge on any atom is -0.497 e. The highest BCUT2D eigenvalue weighted by molar-refractivity contribution is 5.94. The Morgan fingerprint density at radius 3 is 2.26 bits per heavy atom. The van der Waals surface area contributed by atoms with Crippen molar-refractivity contribution in [3.8, 4) is 5.75 Å². The summed E-state index contributed by atoms with van der Waals surface area (Å²) in [4.78, 5) is 21.2. The molecule has 1 atom stereocenters. The Morgan fingerprint density at radius 2 is 1.78 bits per heavy atom. The van der Waals surface area contributed by atoms with Gasteiger partial charge in [0.1, 0.15) is 11.6 Å². The van der Waals surface area contributed by atoms with E-state index in [-0.39, 0.29) is 11.9 Å². The number of nitrogens with one attached hydrogen (secondary N) is 1. The topological polar surface area (TPSA) is 57.7 Å². The second-order valence-corrected chi connectivity index (χ2v) is 6.54. The van der Waals surface area contributed by atoms with Gasteiger partial charge in [-0.25, -0.2) is 4.98 Å². The summed E-state index contributed by atoms with van der Waals surface area (Å²) in [6.45, 7) is 6.47. The lowest BCUT2D eigenvalue weighted by Crippen LogP contribution is -2.34. The third kappa shape index (κ3) is 5.44. The lowest BCUT2D eigenvalue weighted by molar-refractivity contribution is 0.0941. The molecular formula is C21H30N4O2. The van der Waals surface area contributed by atoms with E-state index in [1.54, 1.807) is 13.3 Å². The average molecular weight is 370 g/mol. The average Bonchev–Trinajstić information content (AvgIpc) is 2.69. The lowest BCUT2D eigenvalue weighted by atomic mass is 10.1. The first-order chi connectivity index (χ1) is 13.0. The SMILES string of the molecule is CCN(CC)c1ccc(C(=O)NCC(c2ccc(OC)cc2)N(C)C)cn1. The highest BCUT2D eigenvalue weighted by Crippen LogP contribution is 2.21. The molecule has 0 aliphatic carbocycles. The van der Waals surface area contributed by atoms with Crippen molar-refractivity contribution in [1.29, 1.82) is 0 Å². The van der Waals surface area contributed by atoms with E-state index >= 15 is 0 Å². The van der Waals surface area contributed by atoms with Gasteiger partial charge in [-0.1, -0.05) is 12.1 Å². The van der Waals surface area contributed by atoms with Crippen molar-refractivity contribution in [3.05, 3.63) is 53.7 Å². The van der Waals surface area contributed by atoms with Gasteiger partial charge in [0.05, 0.1) is 18.7 Å². The predicted molar refractivity (Wildman–Crippen MR) is 110 cm³/mol. The minimum atomic E-state index is -0.117. The molecule has 0 aliphatic rings. The molecule has 1 heterocycles. The van der Waals surface area contributed by atoms with Crippen LogP contribution in [0.1, 0.15) is 35.8 Å². The molecule has 27 heavy (non-hydrogen) atoms. The first-order valence-electron chi connectivity index (χ1n) is 9.29. The Labute approximate surface area is 162 Å². The molecule has 0 radical (unpaired) electrons. The Morgan fingerprint density at radius 1 is 1.11 bits per heavy atom. The molecule has 2 aromatic rings. The van der Waals surface area contributed by atoms with Crippen LogP contribution < -0.4 is 15.0 Å². The molecule has 1 aromatic carbocycles. The van der Waals surface area contributed by atoms with Crippen molar-refractivity contribution in [3.63, 3.8) is 0 Å². The number of rotatable bonds is 9. The smallest absolute Gasteiger partial charge is 0.252 e. The van der Waals surface area contributed by atoms with Crippen LogP contribution in [0.5, 0.6) is 5.75 Å². The van der Waals surface area contributed by atoms with Crippen molar-refractivity contribution in [2.24, 2.45) is 0 Å². The van der Waals surface area contributed by atoms with Gasteiger partial charge in [-0.05, 0) is 57.8 Å². The van der Waals surface area contributed by atoms with Crippen LogP contribution in [-0.2, 0) is 0 Å². The number of pyridine rings is 1. The van der Waals surface area contributed by atoms with Gasteiger partial charge >= 0.3 is 0 Å². The van der Waals surface area contributed by atoms with Gasteiger partial charge < -0.3 is 19.9 Å². The number of anilines is 1. The van der Waals surface area contributed by atoms with Gasteiger partial charge in [0.2, 0.25) is 0 Å². The lowest BCUT2D eigenvalue weighted by Gasteiger charge is -2.25. The highest BCUT2D eigenvalue weighted by Gasteiger charge is 2.16. The fraction of sp³-hybridized carbons (Fsp3) is 0.429. The molecule has 146 valence electrons. The molecule has 0 bridgehead atoms. The van der Waals surface area contributed by atoms with E-state index in [9.17, 15) is 4.79 Å². The summed E-state index contributed by atoms with van der Waals surface area (Å²) >= 11 is 0. The molecule has 6 nitrogen and oxygen atoms in total. The van der Waals surface area contributed by atoms with E-state index in [1.165, 1.54) is 0 Å². The summed E-state index contributed by atoms with van der Waals surface area (Å²) in [5.41, 5.74) is 1.69. The van der Waals surface area contributed by atoms with Crippen LogP contribution >= 0.6 is 0 Å². The van der Waals surface area contributed by atoms with E-state index in [2.05, 4.69) is 33.9 Å². The van der Waals surface area contributed by atoms with Gasteiger partial charge in [0.15, 0.2) is 0 Å². The third-order valence-corrected chi connectivity index (χ3v) is 4.68. The van der Waals surface area contributed by atoms with Crippen LogP contribution in [0.3, 0.4) is 0 Å². The highest BCUT2D eigenvalue weighted by atomic mass is 16.5. The molecule has 1 unspecified atom stereocenters. The number of hydrogen-bond acceptors (Lipinski definition) is 5. The first kappa shape index (κ1) is 20.7. The summed E-state index contributed by atoms with van der Waals surface area (Å²) in [6, 6.07) is 11.7. The van der Waals surface area contributed by atoms with Crippen molar-refractivity contribution in [1.82, 2.24) is 15.2 Å². The fourth-order valence-electron chi connectivity index (χ4n) is 2.97. The number of aromatic nitrogens is 1. The number of hydrogen-bond donors (Lipinski definition) is 1. The van der Waals surface area contributed by atoms with Crippen molar-refractivity contribution in [2.45, 2.75) is 19.9 Å². The summed E-state index contributed by atoms with van der Waals surface area (Å²) in [5, 5.41) is 3.02. The number of carbonyl (C=O) groups is 1. The summed E-state index contributed by atoms with van der Waals surface area (Å²) < 4.78 is 5.21.